The molecule has 6 rings (SSSR count). The third kappa shape index (κ3) is 3.92. The molecule has 3 aromatic rings. The minimum atomic E-state index is -0.745. The average Bonchev–Trinajstić information content (AvgIpc) is 3.48. The van der Waals surface area contributed by atoms with Gasteiger partial charge in [-0.15, -0.1) is 11.3 Å². The van der Waals surface area contributed by atoms with Crippen LogP contribution in [0.3, 0.4) is 0 Å². The topological polar surface area (TPSA) is 142 Å². The van der Waals surface area contributed by atoms with Gasteiger partial charge in [0.2, 0.25) is 5.79 Å². The number of nitrogens with zero attached hydrogens (tertiary/aromatic N) is 4. The third-order valence-corrected chi connectivity index (χ3v) is 8.12. The molecule has 5 heterocycles. The first-order chi connectivity index (χ1) is 16.8. The highest BCUT2D eigenvalue weighted by Crippen LogP contribution is 2.35. The van der Waals surface area contributed by atoms with Crippen molar-refractivity contribution in [2.24, 2.45) is 5.73 Å². The van der Waals surface area contributed by atoms with Gasteiger partial charge < -0.3 is 31.2 Å². The number of hydrogen-bond acceptors (Lipinski definition) is 10. The molecule has 2 fully saturated rings. The van der Waals surface area contributed by atoms with Crippen LogP contribution in [0.5, 0.6) is 0 Å². The molecule has 11 heteroatoms. The SMILES string of the molecule is Cc1cnc2c(N)c(C(=O)NC3CCc4nc(N5CC(N)C6(C5)OCC(C)O6)ccc4C3)sc2n1. The van der Waals surface area contributed by atoms with Crippen LogP contribution in [0.15, 0.2) is 18.3 Å². The molecule has 35 heavy (non-hydrogen) atoms. The normalized spacial score (nSPS) is 28.1. The Hall–Kier alpha value is -2.86. The Morgan fingerprint density at radius 3 is 3.00 bits per heavy atom. The number of hydrogen-bond donors (Lipinski definition) is 3. The highest BCUT2D eigenvalue weighted by Gasteiger charge is 2.52. The first-order valence-corrected chi connectivity index (χ1v) is 12.8. The van der Waals surface area contributed by atoms with E-state index in [4.69, 9.17) is 25.9 Å². The van der Waals surface area contributed by atoms with E-state index in [-0.39, 0.29) is 24.1 Å². The summed E-state index contributed by atoms with van der Waals surface area (Å²) in [7, 11) is 0. The number of ether oxygens (including phenoxy) is 2. The maximum atomic E-state index is 13.0. The summed E-state index contributed by atoms with van der Waals surface area (Å²) in [6.45, 7) is 5.64. The molecule has 0 saturated carbocycles. The van der Waals surface area contributed by atoms with Crippen LogP contribution in [-0.2, 0) is 22.3 Å². The zero-order valence-electron chi connectivity index (χ0n) is 19.8. The molecular formula is C24H29N7O3S. The van der Waals surface area contributed by atoms with Crippen molar-refractivity contribution >= 4 is 39.1 Å². The van der Waals surface area contributed by atoms with E-state index < -0.39 is 5.79 Å². The summed E-state index contributed by atoms with van der Waals surface area (Å²) in [6, 6.07) is 3.92. The number of amides is 1. The van der Waals surface area contributed by atoms with Crippen LogP contribution in [0.4, 0.5) is 11.5 Å². The lowest BCUT2D eigenvalue weighted by Gasteiger charge is -2.27. The zero-order valence-corrected chi connectivity index (χ0v) is 20.6. The molecule has 5 N–H and O–H groups in total. The summed E-state index contributed by atoms with van der Waals surface area (Å²) >= 11 is 1.29. The number of anilines is 2. The van der Waals surface area contributed by atoms with Crippen molar-refractivity contribution in [1.82, 2.24) is 20.3 Å². The molecule has 4 atom stereocenters. The van der Waals surface area contributed by atoms with Crippen LogP contribution in [-0.4, -0.2) is 64.5 Å². The van der Waals surface area contributed by atoms with E-state index in [1.54, 1.807) is 6.20 Å². The molecule has 2 saturated heterocycles. The Morgan fingerprint density at radius 2 is 2.20 bits per heavy atom. The van der Waals surface area contributed by atoms with E-state index in [0.29, 0.717) is 40.6 Å². The van der Waals surface area contributed by atoms with Crippen LogP contribution < -0.4 is 21.7 Å². The second-order valence-electron chi connectivity index (χ2n) is 9.74. The predicted molar refractivity (Wildman–Crippen MR) is 133 cm³/mol. The van der Waals surface area contributed by atoms with Crippen LogP contribution in [0, 0.1) is 6.92 Å². The fourth-order valence-electron chi connectivity index (χ4n) is 5.23. The van der Waals surface area contributed by atoms with Crippen molar-refractivity contribution in [3.05, 3.63) is 40.2 Å². The summed E-state index contributed by atoms with van der Waals surface area (Å²) in [5.41, 5.74) is 16.6. The highest BCUT2D eigenvalue weighted by atomic mass is 32.1. The minimum absolute atomic E-state index is 0.0140. The maximum Gasteiger partial charge on any atom is 0.263 e. The third-order valence-electron chi connectivity index (χ3n) is 7.03. The first kappa shape index (κ1) is 22.6. The number of aromatic nitrogens is 3. The van der Waals surface area contributed by atoms with Crippen molar-refractivity contribution in [1.29, 1.82) is 0 Å². The van der Waals surface area contributed by atoms with E-state index in [1.807, 2.05) is 19.9 Å². The van der Waals surface area contributed by atoms with Crippen molar-refractivity contribution in [3.63, 3.8) is 0 Å². The zero-order chi connectivity index (χ0) is 24.3. The van der Waals surface area contributed by atoms with E-state index in [2.05, 4.69) is 26.3 Å². The van der Waals surface area contributed by atoms with Gasteiger partial charge in [-0.3, -0.25) is 4.79 Å². The van der Waals surface area contributed by atoms with Crippen molar-refractivity contribution in [3.8, 4) is 0 Å². The number of carbonyl (C=O) groups excluding carboxylic acids is 1. The summed E-state index contributed by atoms with van der Waals surface area (Å²) < 4.78 is 12.0. The second kappa shape index (κ2) is 8.37. The van der Waals surface area contributed by atoms with Crippen LogP contribution in [0.25, 0.3) is 10.3 Å². The van der Waals surface area contributed by atoms with Crippen LogP contribution >= 0.6 is 11.3 Å². The van der Waals surface area contributed by atoms with Crippen LogP contribution in [0.2, 0.25) is 0 Å². The van der Waals surface area contributed by atoms with Crippen molar-refractivity contribution in [2.45, 2.75) is 57.1 Å². The number of aryl methyl sites for hydroxylation is 2. The Bertz CT molecular complexity index is 1310. The van der Waals surface area contributed by atoms with Gasteiger partial charge in [0.05, 0.1) is 36.7 Å². The lowest BCUT2D eigenvalue weighted by molar-refractivity contribution is -0.157. The molecule has 1 amide bonds. The number of fused-ring (bicyclic) bond motifs is 2. The summed E-state index contributed by atoms with van der Waals surface area (Å²) in [5.74, 6) is -0.0336. The van der Waals surface area contributed by atoms with Gasteiger partial charge in [0.1, 0.15) is 21.0 Å². The molecule has 1 spiro atoms. The van der Waals surface area contributed by atoms with Crippen LogP contribution in [0.1, 0.15) is 40.0 Å². The maximum absolute atomic E-state index is 13.0. The lowest BCUT2D eigenvalue weighted by atomic mass is 9.91. The lowest BCUT2D eigenvalue weighted by Crippen LogP contribution is -2.48. The van der Waals surface area contributed by atoms with Gasteiger partial charge in [0.25, 0.3) is 5.91 Å². The molecule has 0 bridgehead atoms. The predicted octanol–water partition coefficient (Wildman–Crippen LogP) is 1.54. The summed E-state index contributed by atoms with van der Waals surface area (Å²) in [5, 5.41) is 3.15. The molecule has 2 aliphatic heterocycles. The summed E-state index contributed by atoms with van der Waals surface area (Å²) in [4.78, 5) is 30.0. The monoisotopic (exact) mass is 495 g/mol. The number of nitrogen functional groups attached to an aromatic ring is 1. The molecule has 0 radical (unpaired) electrons. The molecular weight excluding hydrogens is 466 g/mol. The van der Waals surface area contributed by atoms with Crippen molar-refractivity contribution < 1.29 is 14.3 Å². The number of pyridine rings is 1. The minimum Gasteiger partial charge on any atom is -0.396 e. The second-order valence-corrected chi connectivity index (χ2v) is 10.7. The number of thiophene rings is 1. The van der Waals surface area contributed by atoms with E-state index in [9.17, 15) is 4.79 Å². The van der Waals surface area contributed by atoms with Gasteiger partial charge in [-0.1, -0.05) is 6.07 Å². The van der Waals surface area contributed by atoms with Gasteiger partial charge >= 0.3 is 0 Å². The number of rotatable bonds is 3. The quantitative estimate of drug-likeness (QED) is 0.493. The largest absolute Gasteiger partial charge is 0.396 e. The number of nitrogens with two attached hydrogens (primary N) is 2. The fourth-order valence-corrected chi connectivity index (χ4v) is 6.23. The van der Waals surface area contributed by atoms with Crippen molar-refractivity contribution in [2.75, 3.05) is 30.3 Å². The van der Waals surface area contributed by atoms with E-state index >= 15 is 0 Å². The molecule has 4 unspecified atom stereocenters. The fraction of sp³-hybridized carbons (Fsp3) is 0.500. The molecule has 0 aromatic carbocycles. The standard InChI is InChI=1S/C24H29N7O3S/c1-12-8-27-20-19(26)21(35-23(20)28-12)22(32)29-15-4-5-16-14(7-15)3-6-18(30-16)31-9-17(25)24(11-31)33-10-13(2)34-24/h3,6,8,13,15,17H,4-5,7,9-11,25-26H2,1-2H3,(H,29,32). The molecule has 184 valence electrons. The van der Waals surface area contributed by atoms with Gasteiger partial charge in [-0.25, -0.2) is 15.0 Å². The van der Waals surface area contributed by atoms with Gasteiger partial charge in [0.15, 0.2) is 0 Å². The van der Waals surface area contributed by atoms with E-state index in [1.165, 1.54) is 11.3 Å². The first-order valence-electron chi connectivity index (χ1n) is 11.9. The Labute approximate surface area is 207 Å². The summed E-state index contributed by atoms with van der Waals surface area (Å²) in [6.07, 6.45) is 4.03. The van der Waals surface area contributed by atoms with Gasteiger partial charge in [-0.2, -0.15) is 0 Å². The Morgan fingerprint density at radius 1 is 1.34 bits per heavy atom. The average molecular weight is 496 g/mol. The Kier molecular flexibility index (Phi) is 5.40. The highest BCUT2D eigenvalue weighted by molar-refractivity contribution is 7.21. The number of nitrogens with one attached hydrogen (secondary N) is 1. The molecule has 3 aliphatic rings. The smallest absolute Gasteiger partial charge is 0.263 e. The molecule has 10 nitrogen and oxygen atoms in total. The number of carbonyl (C=O) groups is 1. The van der Waals surface area contributed by atoms with Gasteiger partial charge in [-0.05, 0) is 44.7 Å². The Balaban J connectivity index is 1.14. The molecule has 1 aliphatic carbocycles. The van der Waals surface area contributed by atoms with E-state index in [0.717, 1.165) is 42.0 Å². The molecule has 3 aromatic heterocycles. The van der Waals surface area contributed by atoms with Gasteiger partial charge in [0, 0.05) is 24.5 Å².